The lowest BCUT2D eigenvalue weighted by Crippen LogP contribution is -2.45. The second-order valence-electron chi connectivity index (χ2n) is 5.88. The summed E-state index contributed by atoms with van der Waals surface area (Å²) in [6.45, 7) is 4.76. The van der Waals surface area contributed by atoms with E-state index in [0.717, 1.165) is 39.0 Å². The molecule has 0 amide bonds. The average molecular weight is 345 g/mol. The summed E-state index contributed by atoms with van der Waals surface area (Å²) < 4.78 is 26.6. The van der Waals surface area contributed by atoms with Crippen LogP contribution in [0.3, 0.4) is 0 Å². The first-order valence-corrected chi connectivity index (χ1v) is 9.39. The van der Waals surface area contributed by atoms with Crippen molar-refractivity contribution in [1.29, 1.82) is 0 Å². The van der Waals surface area contributed by atoms with Gasteiger partial charge in [-0.05, 0) is 26.0 Å². The van der Waals surface area contributed by atoms with Crippen molar-refractivity contribution >= 4 is 27.4 Å². The van der Waals surface area contributed by atoms with Gasteiger partial charge in [0, 0.05) is 45.5 Å². The normalized spacial score (nSPS) is 21.5. The van der Waals surface area contributed by atoms with E-state index in [2.05, 4.69) is 21.8 Å². The van der Waals surface area contributed by atoms with Gasteiger partial charge < -0.3 is 9.80 Å². The molecule has 0 saturated carbocycles. The number of pyridine rings is 1. The molecule has 3 heterocycles. The summed E-state index contributed by atoms with van der Waals surface area (Å²) in [7, 11) is -1.38. The van der Waals surface area contributed by atoms with E-state index in [1.54, 1.807) is 0 Å². The fourth-order valence-corrected chi connectivity index (χ4v) is 4.72. The van der Waals surface area contributed by atoms with E-state index >= 15 is 0 Å². The molecule has 0 atom stereocenters. The lowest BCUT2D eigenvalue weighted by atomic mass is 10.3. The van der Waals surface area contributed by atoms with E-state index < -0.39 is 10.0 Å². The van der Waals surface area contributed by atoms with E-state index in [-0.39, 0.29) is 4.90 Å². The molecule has 0 aromatic carbocycles. The predicted molar refractivity (Wildman–Crippen MR) is 86.9 cm³/mol. The monoisotopic (exact) mass is 344 g/mol. The van der Waals surface area contributed by atoms with E-state index in [4.69, 9.17) is 11.6 Å². The Kier molecular flexibility index (Phi) is 4.59. The summed E-state index contributed by atoms with van der Waals surface area (Å²) in [4.78, 5) is 8.88. The van der Waals surface area contributed by atoms with Gasteiger partial charge in [-0.1, -0.05) is 11.6 Å². The van der Waals surface area contributed by atoms with Crippen LogP contribution in [0.25, 0.3) is 0 Å². The van der Waals surface area contributed by atoms with Crippen molar-refractivity contribution in [1.82, 2.24) is 14.2 Å². The number of sulfonamides is 1. The molecule has 22 heavy (non-hydrogen) atoms. The van der Waals surface area contributed by atoms with Crippen molar-refractivity contribution in [3.05, 3.63) is 17.3 Å². The maximum absolute atomic E-state index is 12.5. The summed E-state index contributed by atoms with van der Waals surface area (Å²) in [6.07, 6.45) is 3.27. The fourth-order valence-electron chi connectivity index (χ4n) is 2.88. The first-order valence-electron chi connectivity index (χ1n) is 7.58. The SMILES string of the molecule is CN1CCN(c2ncc(S(=O)(=O)N3CCCC3)cc2Cl)CC1. The average Bonchev–Trinajstić information content (AvgIpc) is 3.03. The Balaban J connectivity index is 1.83. The molecule has 2 fully saturated rings. The number of hydrogen-bond acceptors (Lipinski definition) is 5. The van der Waals surface area contributed by atoms with Crippen LogP contribution < -0.4 is 4.90 Å². The Labute approximate surface area is 136 Å². The fraction of sp³-hybridized carbons (Fsp3) is 0.643. The second-order valence-corrected chi connectivity index (χ2v) is 8.22. The number of nitrogens with zero attached hydrogens (tertiary/aromatic N) is 4. The van der Waals surface area contributed by atoms with Crippen LogP contribution in [0.1, 0.15) is 12.8 Å². The van der Waals surface area contributed by atoms with Gasteiger partial charge in [-0.25, -0.2) is 13.4 Å². The lowest BCUT2D eigenvalue weighted by Gasteiger charge is -2.33. The van der Waals surface area contributed by atoms with E-state index in [9.17, 15) is 8.42 Å². The molecule has 2 aliphatic heterocycles. The molecule has 0 bridgehead atoms. The van der Waals surface area contributed by atoms with Crippen LogP contribution in [0.15, 0.2) is 17.2 Å². The van der Waals surface area contributed by atoms with Crippen LogP contribution in [0.2, 0.25) is 5.02 Å². The van der Waals surface area contributed by atoms with E-state index in [1.165, 1.54) is 16.6 Å². The first kappa shape index (κ1) is 16.0. The van der Waals surface area contributed by atoms with Gasteiger partial charge in [-0.2, -0.15) is 4.31 Å². The zero-order valence-electron chi connectivity index (χ0n) is 12.7. The Hall–Kier alpha value is -0.890. The summed E-state index contributed by atoms with van der Waals surface area (Å²) in [5.74, 6) is 0.676. The second kappa shape index (κ2) is 6.31. The summed E-state index contributed by atoms with van der Waals surface area (Å²) in [5.41, 5.74) is 0. The molecule has 1 aromatic rings. The Morgan fingerprint density at radius 2 is 1.73 bits per heavy atom. The van der Waals surface area contributed by atoms with Gasteiger partial charge in [-0.3, -0.25) is 0 Å². The number of aromatic nitrogens is 1. The first-order chi connectivity index (χ1) is 10.5. The van der Waals surface area contributed by atoms with E-state index in [0.29, 0.717) is 23.9 Å². The highest BCUT2D eigenvalue weighted by Crippen LogP contribution is 2.28. The minimum absolute atomic E-state index is 0.192. The number of likely N-dealkylation sites (N-methyl/N-ethyl adjacent to an activating group) is 1. The maximum atomic E-state index is 12.5. The standard InChI is InChI=1S/C14H21ClN4O2S/c1-17-6-8-18(9-7-17)14-13(15)10-12(11-16-14)22(20,21)19-4-2-3-5-19/h10-11H,2-9H2,1H3. The Morgan fingerprint density at radius 1 is 1.09 bits per heavy atom. The van der Waals surface area contributed by atoms with Crippen LogP contribution in [-0.2, 0) is 10.0 Å². The van der Waals surface area contributed by atoms with Gasteiger partial charge in [0.25, 0.3) is 0 Å². The molecule has 0 radical (unpaired) electrons. The summed E-state index contributed by atoms with van der Waals surface area (Å²) in [6, 6.07) is 1.54. The smallest absolute Gasteiger partial charge is 0.244 e. The molecule has 0 spiro atoms. The molecule has 8 heteroatoms. The van der Waals surface area contributed by atoms with Crippen molar-refractivity contribution in [3.8, 4) is 0 Å². The minimum Gasteiger partial charge on any atom is -0.353 e. The summed E-state index contributed by atoms with van der Waals surface area (Å²) >= 11 is 6.31. The van der Waals surface area contributed by atoms with Crippen LogP contribution in [0.5, 0.6) is 0 Å². The number of anilines is 1. The molecule has 2 saturated heterocycles. The number of rotatable bonds is 3. The van der Waals surface area contributed by atoms with Crippen molar-refractivity contribution in [3.63, 3.8) is 0 Å². The maximum Gasteiger partial charge on any atom is 0.244 e. The molecular weight excluding hydrogens is 324 g/mol. The third kappa shape index (κ3) is 3.08. The molecule has 2 aliphatic rings. The molecule has 6 nitrogen and oxygen atoms in total. The molecular formula is C14H21ClN4O2S. The number of piperazine rings is 1. The van der Waals surface area contributed by atoms with Crippen LogP contribution >= 0.6 is 11.6 Å². The van der Waals surface area contributed by atoms with Crippen molar-refractivity contribution in [2.45, 2.75) is 17.7 Å². The quantitative estimate of drug-likeness (QED) is 0.826. The van der Waals surface area contributed by atoms with Gasteiger partial charge in [0.15, 0.2) is 0 Å². The highest BCUT2D eigenvalue weighted by atomic mass is 35.5. The number of halogens is 1. The van der Waals surface area contributed by atoms with Gasteiger partial charge in [0.2, 0.25) is 10.0 Å². The molecule has 0 aliphatic carbocycles. The van der Waals surface area contributed by atoms with Crippen LogP contribution in [0.4, 0.5) is 5.82 Å². The third-order valence-corrected chi connectivity index (χ3v) is 6.44. The lowest BCUT2D eigenvalue weighted by molar-refractivity contribution is 0.312. The van der Waals surface area contributed by atoms with Gasteiger partial charge in [-0.15, -0.1) is 0 Å². The highest BCUT2D eigenvalue weighted by molar-refractivity contribution is 7.89. The molecule has 122 valence electrons. The molecule has 0 unspecified atom stereocenters. The topological polar surface area (TPSA) is 56.8 Å². The third-order valence-electron chi connectivity index (χ3n) is 4.30. The van der Waals surface area contributed by atoms with Crippen LogP contribution in [0, 0.1) is 0 Å². The minimum atomic E-state index is -3.46. The van der Waals surface area contributed by atoms with Crippen LogP contribution in [-0.4, -0.2) is 68.9 Å². The van der Waals surface area contributed by atoms with Gasteiger partial charge in [0.1, 0.15) is 10.7 Å². The zero-order valence-corrected chi connectivity index (χ0v) is 14.3. The van der Waals surface area contributed by atoms with Crippen molar-refractivity contribution < 1.29 is 8.42 Å². The van der Waals surface area contributed by atoms with Crippen molar-refractivity contribution in [2.24, 2.45) is 0 Å². The zero-order chi connectivity index (χ0) is 15.7. The van der Waals surface area contributed by atoms with Gasteiger partial charge >= 0.3 is 0 Å². The predicted octanol–water partition coefficient (Wildman–Crippen LogP) is 1.27. The van der Waals surface area contributed by atoms with Gasteiger partial charge in [0.05, 0.1) is 5.02 Å². The largest absolute Gasteiger partial charge is 0.353 e. The number of hydrogen-bond donors (Lipinski definition) is 0. The van der Waals surface area contributed by atoms with Crippen molar-refractivity contribution in [2.75, 3.05) is 51.2 Å². The highest BCUT2D eigenvalue weighted by Gasteiger charge is 2.28. The molecule has 3 rings (SSSR count). The molecule has 1 aromatic heterocycles. The Morgan fingerprint density at radius 3 is 2.32 bits per heavy atom. The van der Waals surface area contributed by atoms with E-state index in [1.807, 2.05) is 0 Å². The summed E-state index contributed by atoms with van der Waals surface area (Å²) in [5, 5.41) is 0.407. The molecule has 0 N–H and O–H groups in total. The Bertz CT molecular complexity index is 638.